The first-order valence-electron chi connectivity index (χ1n) is 6.66. The van der Waals surface area contributed by atoms with E-state index >= 15 is 0 Å². The lowest BCUT2D eigenvalue weighted by Gasteiger charge is -2.08. The summed E-state index contributed by atoms with van der Waals surface area (Å²) in [4.78, 5) is 32.9. The molecule has 0 aromatic heterocycles. The number of fused-ring (bicyclic) bond motifs is 1. The zero-order chi connectivity index (χ0) is 16.7. The highest BCUT2D eigenvalue weighted by molar-refractivity contribution is 5.94. The van der Waals surface area contributed by atoms with E-state index in [9.17, 15) is 14.4 Å². The molecule has 0 atom stereocenters. The van der Waals surface area contributed by atoms with Gasteiger partial charge in [0, 0.05) is 12.2 Å². The molecule has 2 aromatic carbocycles. The Morgan fingerprint density at radius 3 is 2.48 bits per heavy atom. The topological polar surface area (TPSA) is 105 Å². The van der Waals surface area contributed by atoms with E-state index in [1.165, 1.54) is 0 Å². The Labute approximate surface area is 131 Å². The van der Waals surface area contributed by atoms with Crippen molar-refractivity contribution in [1.29, 1.82) is 0 Å². The summed E-state index contributed by atoms with van der Waals surface area (Å²) < 4.78 is 5.33. The molecule has 2 amide bonds. The average Bonchev–Trinajstić information content (AvgIpc) is 2.56. The van der Waals surface area contributed by atoms with Gasteiger partial charge in [-0.15, -0.1) is 0 Å². The van der Waals surface area contributed by atoms with E-state index in [1.807, 2.05) is 35.8 Å². The Bertz CT molecular complexity index is 770. The maximum atomic E-state index is 11.5. The molecule has 0 aliphatic rings. The van der Waals surface area contributed by atoms with Crippen LogP contribution in [0, 0.1) is 0 Å². The highest BCUT2D eigenvalue weighted by Gasteiger charge is 2.04. The monoisotopic (exact) mass is 314 g/mol. The number of carbonyl (C=O) groups excluding carboxylic acids is 2. The highest BCUT2D eigenvalue weighted by Crippen LogP contribution is 2.20. The van der Waals surface area contributed by atoms with Crippen LogP contribution in [0.4, 0.5) is 0 Å². The summed E-state index contributed by atoms with van der Waals surface area (Å²) in [6, 6.07) is 13.1. The number of carbonyl (C=O) groups is 3. The number of hydrazine groups is 1. The molecule has 118 valence electrons. The van der Waals surface area contributed by atoms with E-state index in [-0.39, 0.29) is 6.61 Å². The fraction of sp³-hybridized carbons (Fsp3) is 0.0625. The van der Waals surface area contributed by atoms with Gasteiger partial charge in [0.2, 0.25) is 0 Å². The first-order valence-corrected chi connectivity index (χ1v) is 6.66. The van der Waals surface area contributed by atoms with Crippen molar-refractivity contribution in [3.8, 4) is 5.75 Å². The van der Waals surface area contributed by atoms with Gasteiger partial charge in [0.15, 0.2) is 6.61 Å². The van der Waals surface area contributed by atoms with E-state index in [1.54, 1.807) is 12.1 Å². The van der Waals surface area contributed by atoms with Crippen molar-refractivity contribution in [3.05, 3.63) is 54.6 Å². The number of carboxylic acid groups (broad SMARTS) is 1. The summed E-state index contributed by atoms with van der Waals surface area (Å²) >= 11 is 0. The number of benzene rings is 2. The average molecular weight is 314 g/mol. The molecule has 0 unspecified atom stereocenters. The second-order valence-electron chi connectivity index (χ2n) is 4.51. The van der Waals surface area contributed by atoms with Crippen LogP contribution in [0.5, 0.6) is 5.75 Å². The summed E-state index contributed by atoms with van der Waals surface area (Å²) in [5, 5.41) is 10.4. The number of nitrogens with one attached hydrogen (secondary N) is 2. The number of aliphatic carboxylic acids is 1. The standard InChI is InChI=1S/C16H14N2O5/c19-14(7-8-16(21)22)17-18-15(20)10-23-13-6-5-11-3-1-2-4-12(11)9-13/h1-9H,10H2,(H,17,19)(H,18,20)(H,21,22)/b8-7-. The van der Waals surface area contributed by atoms with Crippen LogP contribution in [-0.4, -0.2) is 29.5 Å². The molecular weight excluding hydrogens is 300 g/mol. The number of carboxylic acids is 1. The minimum Gasteiger partial charge on any atom is -0.484 e. The van der Waals surface area contributed by atoms with Gasteiger partial charge in [-0.1, -0.05) is 30.3 Å². The second-order valence-corrected chi connectivity index (χ2v) is 4.51. The number of ether oxygens (including phenoxy) is 1. The minimum atomic E-state index is -1.26. The van der Waals surface area contributed by atoms with Crippen molar-refractivity contribution < 1.29 is 24.2 Å². The van der Waals surface area contributed by atoms with E-state index in [4.69, 9.17) is 9.84 Å². The maximum Gasteiger partial charge on any atom is 0.328 e. The van der Waals surface area contributed by atoms with Gasteiger partial charge in [-0.2, -0.15) is 0 Å². The van der Waals surface area contributed by atoms with Crippen molar-refractivity contribution in [2.24, 2.45) is 0 Å². The number of hydrogen-bond donors (Lipinski definition) is 3. The minimum absolute atomic E-state index is 0.290. The van der Waals surface area contributed by atoms with E-state index in [0.717, 1.165) is 16.8 Å². The van der Waals surface area contributed by atoms with E-state index in [2.05, 4.69) is 5.43 Å². The smallest absolute Gasteiger partial charge is 0.328 e. The predicted octanol–water partition coefficient (Wildman–Crippen LogP) is 1.01. The zero-order valence-electron chi connectivity index (χ0n) is 12.0. The van der Waals surface area contributed by atoms with Crippen LogP contribution in [-0.2, 0) is 14.4 Å². The van der Waals surface area contributed by atoms with Gasteiger partial charge in [0.05, 0.1) is 0 Å². The summed E-state index contributed by atoms with van der Waals surface area (Å²) in [5.41, 5.74) is 4.14. The van der Waals surface area contributed by atoms with Crippen LogP contribution in [0.3, 0.4) is 0 Å². The molecular formula is C16H14N2O5. The van der Waals surface area contributed by atoms with Crippen molar-refractivity contribution in [1.82, 2.24) is 10.9 Å². The molecule has 0 aliphatic heterocycles. The molecule has 0 aliphatic carbocycles. The molecule has 2 rings (SSSR count). The van der Waals surface area contributed by atoms with Crippen LogP contribution in [0.25, 0.3) is 10.8 Å². The first kappa shape index (κ1) is 16.0. The van der Waals surface area contributed by atoms with Crippen molar-refractivity contribution in [2.45, 2.75) is 0 Å². The largest absolute Gasteiger partial charge is 0.484 e. The number of rotatable bonds is 5. The highest BCUT2D eigenvalue weighted by atomic mass is 16.5. The third-order valence-electron chi connectivity index (χ3n) is 2.79. The van der Waals surface area contributed by atoms with E-state index < -0.39 is 17.8 Å². The molecule has 0 heterocycles. The van der Waals surface area contributed by atoms with Gasteiger partial charge in [0.1, 0.15) is 5.75 Å². The fourth-order valence-electron chi connectivity index (χ4n) is 1.76. The quantitative estimate of drug-likeness (QED) is 0.564. The number of hydrogen-bond acceptors (Lipinski definition) is 4. The predicted molar refractivity (Wildman–Crippen MR) is 82.5 cm³/mol. The molecule has 0 bridgehead atoms. The van der Waals surface area contributed by atoms with Crippen LogP contribution in [0.2, 0.25) is 0 Å². The first-order chi connectivity index (χ1) is 11.0. The zero-order valence-corrected chi connectivity index (χ0v) is 12.0. The van der Waals surface area contributed by atoms with Crippen molar-refractivity contribution in [3.63, 3.8) is 0 Å². The van der Waals surface area contributed by atoms with Gasteiger partial charge < -0.3 is 9.84 Å². The Balaban J connectivity index is 1.81. The SMILES string of the molecule is O=C(O)/C=C\C(=O)NNC(=O)COc1ccc2ccccc2c1. The van der Waals surface area contributed by atoms with Gasteiger partial charge >= 0.3 is 5.97 Å². The molecule has 3 N–H and O–H groups in total. The third kappa shape index (κ3) is 5.16. The van der Waals surface area contributed by atoms with Gasteiger partial charge in [-0.05, 0) is 22.9 Å². The Morgan fingerprint density at radius 2 is 1.74 bits per heavy atom. The second kappa shape index (κ2) is 7.60. The molecule has 7 heteroatoms. The summed E-state index contributed by atoms with van der Waals surface area (Å²) in [7, 11) is 0. The maximum absolute atomic E-state index is 11.5. The van der Waals surface area contributed by atoms with E-state index in [0.29, 0.717) is 11.8 Å². The lowest BCUT2D eigenvalue weighted by Crippen LogP contribution is -2.43. The molecule has 2 aromatic rings. The molecule has 0 saturated heterocycles. The summed E-state index contributed by atoms with van der Waals surface area (Å²) in [6.07, 6.45) is 1.44. The van der Waals surface area contributed by atoms with Gasteiger partial charge in [0.25, 0.3) is 11.8 Å². The normalized spacial score (nSPS) is 10.4. The number of amides is 2. The Kier molecular flexibility index (Phi) is 5.30. The Morgan fingerprint density at radius 1 is 1.00 bits per heavy atom. The lowest BCUT2D eigenvalue weighted by molar-refractivity contribution is -0.131. The Hall–Kier alpha value is -3.35. The third-order valence-corrected chi connectivity index (χ3v) is 2.79. The molecule has 0 saturated carbocycles. The molecule has 0 fully saturated rings. The van der Waals surface area contributed by atoms with Crippen LogP contribution in [0.1, 0.15) is 0 Å². The van der Waals surface area contributed by atoms with Crippen molar-refractivity contribution >= 4 is 28.6 Å². The van der Waals surface area contributed by atoms with Crippen LogP contribution >= 0.6 is 0 Å². The molecule has 0 spiro atoms. The summed E-state index contributed by atoms with van der Waals surface area (Å²) in [6.45, 7) is -0.290. The fourth-order valence-corrected chi connectivity index (χ4v) is 1.76. The van der Waals surface area contributed by atoms with Crippen LogP contribution < -0.4 is 15.6 Å². The summed E-state index contributed by atoms with van der Waals surface area (Å²) in [5.74, 6) is -2.07. The molecule has 7 nitrogen and oxygen atoms in total. The van der Waals surface area contributed by atoms with Crippen LogP contribution in [0.15, 0.2) is 54.6 Å². The lowest BCUT2D eigenvalue weighted by atomic mass is 10.1. The van der Waals surface area contributed by atoms with Crippen molar-refractivity contribution in [2.75, 3.05) is 6.61 Å². The molecule has 23 heavy (non-hydrogen) atoms. The van der Waals surface area contributed by atoms with Gasteiger partial charge in [-0.25, -0.2) is 4.79 Å². The van der Waals surface area contributed by atoms with Gasteiger partial charge in [-0.3, -0.25) is 20.4 Å². The molecule has 0 radical (unpaired) electrons.